The molecule has 0 bridgehead atoms. The van der Waals surface area contributed by atoms with Gasteiger partial charge < -0.3 is 0 Å². The molecule has 0 spiro atoms. The third-order valence-corrected chi connectivity index (χ3v) is 6.94. The molecule has 2 heteroatoms. The number of hydrogen-bond acceptors (Lipinski definition) is 1. The Labute approximate surface area is 104 Å². The quantitative estimate of drug-likeness (QED) is 0.528. The van der Waals surface area contributed by atoms with Crippen molar-refractivity contribution in [2.45, 2.75) is 55.4 Å². The summed E-state index contributed by atoms with van der Waals surface area (Å²) in [5.41, 5.74) is 0.524. The molecule has 0 aromatic carbocycles. The van der Waals surface area contributed by atoms with Gasteiger partial charge in [0.25, 0.3) is 0 Å². The van der Waals surface area contributed by atoms with Gasteiger partial charge in [0.2, 0.25) is 0 Å². The van der Waals surface area contributed by atoms with Crippen molar-refractivity contribution in [3.8, 4) is 0 Å². The zero-order valence-corrected chi connectivity index (χ0v) is 12.5. The van der Waals surface area contributed by atoms with Gasteiger partial charge in [-0.3, -0.25) is 4.90 Å². The first-order valence-corrected chi connectivity index (χ1v) is 8.72. The van der Waals surface area contributed by atoms with E-state index in [1.54, 1.807) is 0 Å². The fraction of sp³-hybridized carbons (Fsp3) is 0.923. The summed E-state index contributed by atoms with van der Waals surface area (Å²) < 4.78 is 4.85. The molecule has 0 aromatic heterocycles. The topological polar surface area (TPSA) is 3.24 Å². The van der Waals surface area contributed by atoms with E-state index in [1.807, 2.05) is 0 Å². The van der Waals surface area contributed by atoms with Crippen LogP contribution in [0.3, 0.4) is 0 Å². The minimum absolute atomic E-state index is 0.118. The fourth-order valence-corrected chi connectivity index (χ4v) is 5.40. The highest BCUT2D eigenvalue weighted by atomic mass is 127. The molecule has 2 saturated heterocycles. The number of nitrogens with zero attached hydrogens (tertiary/aromatic N) is 1. The largest absolute Gasteiger partial charge is 0.297 e. The highest BCUT2D eigenvalue weighted by Crippen LogP contribution is 2.44. The first-order valence-electron chi connectivity index (χ1n) is 6.12. The van der Waals surface area contributed by atoms with Crippen molar-refractivity contribution >= 4 is 25.2 Å². The van der Waals surface area contributed by atoms with Gasteiger partial charge in [0.05, 0.1) is 0 Å². The van der Waals surface area contributed by atoms with Crippen molar-refractivity contribution < 1.29 is 0 Å². The lowest BCUT2D eigenvalue weighted by Crippen LogP contribution is -2.44. The molecule has 0 aliphatic carbocycles. The van der Waals surface area contributed by atoms with Gasteiger partial charge in [-0.25, -0.2) is 0 Å². The van der Waals surface area contributed by atoms with Gasteiger partial charge in [-0.15, -0.1) is 20.7 Å². The Morgan fingerprint density at radius 2 is 2.07 bits per heavy atom. The normalized spacial score (nSPS) is 47.5. The minimum Gasteiger partial charge on any atom is -0.297 e. The highest BCUT2D eigenvalue weighted by molar-refractivity contribution is 14.2. The molecule has 1 nitrogen and oxygen atoms in total. The Kier molecular flexibility index (Phi) is 3.29. The average Bonchev–Trinajstić information content (AvgIpc) is 2.42. The van der Waals surface area contributed by atoms with Crippen molar-refractivity contribution in [1.82, 2.24) is 4.90 Å². The zero-order valence-electron chi connectivity index (χ0n) is 10.4. The van der Waals surface area contributed by atoms with Crippen LogP contribution in [0, 0.1) is 5.92 Å². The van der Waals surface area contributed by atoms with Crippen molar-refractivity contribution in [2.24, 2.45) is 5.92 Å². The number of rotatable bonds is 1. The lowest BCUT2D eigenvalue weighted by Gasteiger charge is -2.36. The lowest BCUT2D eigenvalue weighted by molar-refractivity contribution is 0.146. The van der Waals surface area contributed by atoms with E-state index in [1.165, 1.54) is 38.8 Å². The summed E-state index contributed by atoms with van der Waals surface area (Å²) in [5.74, 6) is 0.893. The van der Waals surface area contributed by atoms with E-state index in [-0.39, 0.29) is 20.7 Å². The second-order valence-corrected chi connectivity index (χ2v) is 9.45. The molecule has 15 heavy (non-hydrogen) atoms. The van der Waals surface area contributed by atoms with Crippen molar-refractivity contribution in [3.63, 3.8) is 0 Å². The Morgan fingerprint density at radius 1 is 1.33 bits per heavy atom. The molecular weight excluding hydrogens is 297 g/mol. The van der Waals surface area contributed by atoms with Gasteiger partial charge in [-0.05, 0) is 52.0 Å². The first-order chi connectivity index (χ1) is 6.97. The fourth-order valence-electron chi connectivity index (χ4n) is 3.69. The van der Waals surface area contributed by atoms with E-state index in [0.717, 1.165) is 5.92 Å². The Bertz CT molecular complexity index is 265. The maximum Gasteiger partial charge on any atom is 0.0271 e. The molecule has 2 aliphatic rings. The molecule has 2 heterocycles. The molecule has 2 aliphatic heterocycles. The summed E-state index contributed by atoms with van der Waals surface area (Å²) in [6.45, 7) is 10.1. The van der Waals surface area contributed by atoms with Crippen molar-refractivity contribution in [2.75, 3.05) is 13.1 Å². The van der Waals surface area contributed by atoms with Crippen LogP contribution in [0.2, 0.25) is 0 Å². The molecule has 0 radical (unpaired) electrons. The van der Waals surface area contributed by atoms with E-state index in [4.69, 9.17) is 0 Å². The van der Waals surface area contributed by atoms with Gasteiger partial charge in [-0.1, -0.05) is 11.4 Å². The molecule has 0 saturated carbocycles. The lowest BCUT2D eigenvalue weighted by atomic mass is 9.86. The maximum absolute atomic E-state index is 4.28. The smallest absolute Gasteiger partial charge is 0.0271 e. The van der Waals surface area contributed by atoms with Gasteiger partial charge in [0, 0.05) is 15.5 Å². The molecule has 0 aromatic rings. The predicted octanol–water partition coefficient (Wildman–Crippen LogP) is 3.43. The Morgan fingerprint density at radius 3 is 2.73 bits per heavy atom. The molecule has 0 N–H and O–H groups in total. The molecular formula is C13H24IN. The van der Waals surface area contributed by atoms with E-state index < -0.39 is 0 Å². The SMILES string of the molecule is C=IC1(C)CC(C)CC2(C)CCCN2C1. The van der Waals surface area contributed by atoms with Crippen molar-refractivity contribution in [3.05, 3.63) is 0 Å². The Hall–Kier alpha value is 0.560. The third kappa shape index (κ3) is 2.31. The monoisotopic (exact) mass is 321 g/mol. The van der Waals surface area contributed by atoms with E-state index in [2.05, 4.69) is 30.2 Å². The van der Waals surface area contributed by atoms with Crippen LogP contribution in [-0.2, 0) is 0 Å². The summed E-state index contributed by atoms with van der Waals surface area (Å²) in [7, 11) is 0. The zero-order chi connectivity index (χ0) is 11.1. The molecule has 2 fully saturated rings. The Balaban J connectivity index is 2.24. The summed E-state index contributed by atoms with van der Waals surface area (Å²) in [5, 5.41) is 0. The first kappa shape index (κ1) is 12.0. The van der Waals surface area contributed by atoms with E-state index in [0.29, 0.717) is 8.96 Å². The summed E-state index contributed by atoms with van der Waals surface area (Å²) in [4.78, 5) is 2.78. The molecule has 88 valence electrons. The molecule has 0 amide bonds. The van der Waals surface area contributed by atoms with Crippen LogP contribution < -0.4 is 0 Å². The van der Waals surface area contributed by atoms with Crippen LogP contribution in [0.1, 0.15) is 46.5 Å². The second-order valence-electron chi connectivity index (χ2n) is 6.08. The van der Waals surface area contributed by atoms with Crippen LogP contribution in [0.15, 0.2) is 0 Å². The van der Waals surface area contributed by atoms with Gasteiger partial charge in [0.15, 0.2) is 0 Å². The molecule has 2 rings (SSSR count). The highest BCUT2D eigenvalue weighted by Gasteiger charge is 2.44. The standard InChI is InChI=1S/C13H24IN/c1-11-8-12(2,14-4)10-15-7-5-6-13(15,3)9-11/h11H,4-10H2,1-3H3. The summed E-state index contributed by atoms with van der Waals surface area (Å²) in [6, 6.07) is 0. The van der Waals surface area contributed by atoms with Gasteiger partial charge in [-0.2, -0.15) is 0 Å². The predicted molar refractivity (Wildman–Crippen MR) is 77.2 cm³/mol. The van der Waals surface area contributed by atoms with Crippen LogP contribution >= 0.6 is 20.7 Å². The summed E-state index contributed by atoms with van der Waals surface area (Å²) >= 11 is 0.118. The van der Waals surface area contributed by atoms with Crippen molar-refractivity contribution in [1.29, 1.82) is 0 Å². The second kappa shape index (κ2) is 4.10. The summed E-state index contributed by atoms with van der Waals surface area (Å²) in [6.07, 6.45) is 5.65. The third-order valence-electron chi connectivity index (χ3n) is 4.31. The molecule has 3 atom stereocenters. The van der Waals surface area contributed by atoms with Crippen LogP contribution in [-0.4, -0.2) is 31.5 Å². The van der Waals surface area contributed by atoms with Gasteiger partial charge in [0.1, 0.15) is 0 Å². The number of alkyl halides is 1. The number of hydrogen-bond donors (Lipinski definition) is 0. The number of fused-ring (bicyclic) bond motifs is 1. The van der Waals surface area contributed by atoms with E-state index >= 15 is 0 Å². The van der Waals surface area contributed by atoms with E-state index in [9.17, 15) is 0 Å². The van der Waals surface area contributed by atoms with Gasteiger partial charge >= 0.3 is 0 Å². The maximum atomic E-state index is 4.28. The van der Waals surface area contributed by atoms with Crippen LogP contribution in [0.5, 0.6) is 0 Å². The van der Waals surface area contributed by atoms with Crippen LogP contribution in [0.4, 0.5) is 0 Å². The number of halogens is 1. The van der Waals surface area contributed by atoms with Crippen LogP contribution in [0.25, 0.3) is 0 Å². The molecule has 3 unspecified atom stereocenters. The minimum atomic E-state index is 0.118. The average molecular weight is 321 g/mol.